The van der Waals surface area contributed by atoms with Gasteiger partial charge in [0, 0.05) is 24.4 Å². The molecule has 6 nitrogen and oxygen atoms in total. The van der Waals surface area contributed by atoms with Gasteiger partial charge in [0.05, 0.1) is 10.9 Å². The fraction of sp³-hybridized carbons (Fsp3) is 0.476. The summed E-state index contributed by atoms with van der Waals surface area (Å²) in [6, 6.07) is 11.0. The van der Waals surface area contributed by atoms with Crippen molar-refractivity contribution in [3.63, 3.8) is 0 Å². The van der Waals surface area contributed by atoms with Gasteiger partial charge in [-0.05, 0) is 48.7 Å². The number of sulfonamides is 1. The molecule has 0 aliphatic rings. The molecule has 1 aromatic carbocycles. The van der Waals surface area contributed by atoms with Crippen LogP contribution in [-0.4, -0.2) is 46.4 Å². The van der Waals surface area contributed by atoms with Crippen molar-refractivity contribution in [3.05, 3.63) is 52.2 Å². The molecule has 0 aliphatic heterocycles. The van der Waals surface area contributed by atoms with Crippen LogP contribution in [-0.2, 0) is 20.2 Å². The first-order valence-corrected chi connectivity index (χ1v) is 11.9. The number of rotatable bonds is 9. The van der Waals surface area contributed by atoms with Crippen molar-refractivity contribution in [2.45, 2.75) is 43.5 Å². The van der Waals surface area contributed by atoms with Crippen LogP contribution in [0.15, 0.2) is 46.7 Å². The third-order valence-electron chi connectivity index (χ3n) is 4.66. The standard InChI is InChI=1S/C21H31N3O3S2/c1-21(2,3)16-8-10-17(11-9-16)29(26,27)23-13-12-20(25)22-15-18(24(4)5)19-7-6-14-28-19/h6-11,14,18,23H,12-13,15H2,1-5H3,(H,22,25). The molecule has 0 fully saturated rings. The molecule has 0 spiro atoms. The summed E-state index contributed by atoms with van der Waals surface area (Å²) in [4.78, 5) is 15.6. The second-order valence-corrected chi connectivity index (χ2v) is 11.0. The molecule has 0 saturated heterocycles. The average molecular weight is 438 g/mol. The summed E-state index contributed by atoms with van der Waals surface area (Å²) < 4.78 is 27.4. The molecular formula is C21H31N3O3S2. The third-order valence-corrected chi connectivity index (χ3v) is 7.11. The Labute approximate surface area is 178 Å². The van der Waals surface area contributed by atoms with E-state index in [1.54, 1.807) is 23.5 Å². The molecule has 1 heterocycles. The molecule has 160 valence electrons. The minimum absolute atomic E-state index is 0.0403. The molecule has 0 aliphatic carbocycles. The van der Waals surface area contributed by atoms with E-state index in [1.165, 1.54) is 4.88 Å². The first-order valence-electron chi connectivity index (χ1n) is 9.57. The van der Waals surface area contributed by atoms with E-state index >= 15 is 0 Å². The minimum atomic E-state index is -3.63. The van der Waals surface area contributed by atoms with E-state index in [4.69, 9.17) is 0 Å². The van der Waals surface area contributed by atoms with E-state index < -0.39 is 10.0 Å². The van der Waals surface area contributed by atoms with Gasteiger partial charge in [0.15, 0.2) is 0 Å². The second-order valence-electron chi connectivity index (χ2n) is 8.22. The van der Waals surface area contributed by atoms with Crippen molar-refractivity contribution in [2.24, 2.45) is 0 Å². The maximum Gasteiger partial charge on any atom is 0.240 e. The Bertz CT molecular complexity index is 884. The molecule has 1 atom stereocenters. The maximum atomic E-state index is 12.4. The van der Waals surface area contributed by atoms with Gasteiger partial charge >= 0.3 is 0 Å². The highest BCUT2D eigenvalue weighted by Gasteiger charge is 2.19. The number of nitrogens with zero attached hydrogens (tertiary/aromatic N) is 1. The second kappa shape index (κ2) is 9.84. The predicted molar refractivity (Wildman–Crippen MR) is 119 cm³/mol. The fourth-order valence-corrected chi connectivity index (χ4v) is 4.79. The normalized spacial score (nSPS) is 13.4. The number of carbonyl (C=O) groups excluding carboxylic acids is 1. The van der Waals surface area contributed by atoms with E-state index in [9.17, 15) is 13.2 Å². The maximum absolute atomic E-state index is 12.4. The summed E-state index contributed by atoms with van der Waals surface area (Å²) in [5.41, 5.74) is 1.03. The number of thiophene rings is 1. The van der Waals surface area contributed by atoms with Gasteiger partial charge in [-0.15, -0.1) is 11.3 Å². The van der Waals surface area contributed by atoms with Gasteiger partial charge < -0.3 is 10.2 Å². The number of hydrogen-bond acceptors (Lipinski definition) is 5. The number of carbonyl (C=O) groups is 1. The van der Waals surface area contributed by atoms with E-state index in [2.05, 4.69) is 35.7 Å². The van der Waals surface area contributed by atoms with E-state index in [0.717, 1.165) is 5.56 Å². The Kier molecular flexibility index (Phi) is 7.99. The number of likely N-dealkylation sites (N-methyl/N-ethyl adjacent to an activating group) is 1. The Balaban J connectivity index is 1.84. The molecule has 2 aromatic rings. The van der Waals surface area contributed by atoms with Crippen LogP contribution < -0.4 is 10.0 Å². The quantitative estimate of drug-likeness (QED) is 0.632. The highest BCUT2D eigenvalue weighted by Crippen LogP contribution is 2.24. The van der Waals surface area contributed by atoms with Gasteiger partial charge in [0.2, 0.25) is 15.9 Å². The van der Waals surface area contributed by atoms with Gasteiger partial charge in [-0.25, -0.2) is 13.1 Å². The molecule has 8 heteroatoms. The Morgan fingerprint density at radius 3 is 2.31 bits per heavy atom. The van der Waals surface area contributed by atoms with Crippen LogP contribution in [0.2, 0.25) is 0 Å². The largest absolute Gasteiger partial charge is 0.354 e. The summed E-state index contributed by atoms with van der Waals surface area (Å²) in [6.07, 6.45) is 0.0872. The molecule has 1 aromatic heterocycles. The minimum Gasteiger partial charge on any atom is -0.354 e. The Hall–Kier alpha value is -1.74. The predicted octanol–water partition coefficient (Wildman–Crippen LogP) is 3.13. The zero-order valence-electron chi connectivity index (χ0n) is 17.7. The van der Waals surface area contributed by atoms with Crippen molar-refractivity contribution >= 4 is 27.3 Å². The first-order chi connectivity index (χ1) is 13.5. The summed E-state index contributed by atoms with van der Waals surface area (Å²) in [7, 11) is 0.301. The molecule has 0 bridgehead atoms. The van der Waals surface area contributed by atoms with Crippen LogP contribution in [0.4, 0.5) is 0 Å². The van der Waals surface area contributed by atoms with Crippen LogP contribution >= 0.6 is 11.3 Å². The number of amides is 1. The molecule has 29 heavy (non-hydrogen) atoms. The lowest BCUT2D eigenvalue weighted by atomic mass is 9.87. The topological polar surface area (TPSA) is 78.5 Å². The first kappa shape index (κ1) is 23.5. The highest BCUT2D eigenvalue weighted by molar-refractivity contribution is 7.89. The van der Waals surface area contributed by atoms with E-state index in [1.807, 2.05) is 43.7 Å². The van der Waals surface area contributed by atoms with Gasteiger partial charge in [0.1, 0.15) is 0 Å². The lowest BCUT2D eigenvalue weighted by Gasteiger charge is -2.23. The molecule has 0 radical (unpaired) electrons. The summed E-state index contributed by atoms with van der Waals surface area (Å²) in [5, 5.41) is 4.90. The van der Waals surface area contributed by atoms with E-state index in [0.29, 0.717) is 6.54 Å². The summed E-state index contributed by atoms with van der Waals surface area (Å²) >= 11 is 1.65. The summed E-state index contributed by atoms with van der Waals surface area (Å²) in [5.74, 6) is -0.181. The lowest BCUT2D eigenvalue weighted by molar-refractivity contribution is -0.121. The van der Waals surface area contributed by atoms with Gasteiger partial charge in [-0.3, -0.25) is 4.79 Å². The van der Waals surface area contributed by atoms with Crippen molar-refractivity contribution in [1.29, 1.82) is 0 Å². The molecule has 0 saturated carbocycles. The van der Waals surface area contributed by atoms with Crippen LogP contribution in [0.1, 0.15) is 43.7 Å². The van der Waals surface area contributed by atoms with Crippen molar-refractivity contribution in [1.82, 2.24) is 14.9 Å². The fourth-order valence-electron chi connectivity index (χ4n) is 2.83. The molecule has 1 amide bonds. The molecular weight excluding hydrogens is 406 g/mol. The monoisotopic (exact) mass is 437 g/mol. The van der Waals surface area contributed by atoms with Crippen LogP contribution in [0.5, 0.6) is 0 Å². The zero-order valence-corrected chi connectivity index (χ0v) is 19.4. The average Bonchev–Trinajstić information content (AvgIpc) is 3.15. The molecule has 2 rings (SSSR count). The lowest BCUT2D eigenvalue weighted by Crippen LogP contribution is -2.36. The number of hydrogen-bond donors (Lipinski definition) is 2. The third kappa shape index (κ3) is 6.92. The number of nitrogens with one attached hydrogen (secondary N) is 2. The molecule has 2 N–H and O–H groups in total. The SMILES string of the molecule is CN(C)C(CNC(=O)CCNS(=O)(=O)c1ccc(C(C)(C)C)cc1)c1cccs1. The number of benzene rings is 1. The Morgan fingerprint density at radius 2 is 1.79 bits per heavy atom. The zero-order chi connectivity index (χ0) is 21.7. The van der Waals surface area contributed by atoms with Crippen LogP contribution in [0.25, 0.3) is 0 Å². The van der Waals surface area contributed by atoms with Crippen molar-refractivity contribution in [3.8, 4) is 0 Å². The van der Waals surface area contributed by atoms with Crippen LogP contribution in [0, 0.1) is 0 Å². The Morgan fingerprint density at radius 1 is 1.14 bits per heavy atom. The van der Waals surface area contributed by atoms with Crippen LogP contribution in [0.3, 0.4) is 0 Å². The van der Waals surface area contributed by atoms with Gasteiger partial charge in [-0.2, -0.15) is 0 Å². The van der Waals surface area contributed by atoms with E-state index in [-0.39, 0.29) is 35.2 Å². The highest BCUT2D eigenvalue weighted by atomic mass is 32.2. The van der Waals surface area contributed by atoms with Gasteiger partial charge in [-0.1, -0.05) is 39.0 Å². The van der Waals surface area contributed by atoms with Gasteiger partial charge in [0.25, 0.3) is 0 Å². The smallest absolute Gasteiger partial charge is 0.240 e. The van der Waals surface area contributed by atoms with Crippen molar-refractivity contribution < 1.29 is 13.2 Å². The molecule has 1 unspecified atom stereocenters. The summed E-state index contributed by atoms with van der Waals surface area (Å²) in [6.45, 7) is 6.76. The van der Waals surface area contributed by atoms with Crippen molar-refractivity contribution in [2.75, 3.05) is 27.2 Å².